The van der Waals surface area contributed by atoms with Crippen molar-refractivity contribution in [3.63, 3.8) is 0 Å². The molecule has 0 radical (unpaired) electrons. The molecule has 1 atom stereocenters. The van der Waals surface area contributed by atoms with Gasteiger partial charge >= 0.3 is 12.1 Å². The maximum absolute atomic E-state index is 15.0. The molecule has 5 rings (SSSR count). The average Bonchev–Trinajstić information content (AvgIpc) is 3.29. The molecular formula is C28H31F2N3O5. The van der Waals surface area contributed by atoms with Crippen LogP contribution in [0.4, 0.5) is 19.3 Å². The Morgan fingerprint density at radius 3 is 2.45 bits per heavy atom. The number of carbonyl (C=O) groups is 2. The molecule has 1 aromatic heterocycles. The zero-order valence-electron chi connectivity index (χ0n) is 21.7. The van der Waals surface area contributed by atoms with E-state index in [-0.39, 0.29) is 35.7 Å². The van der Waals surface area contributed by atoms with Crippen LogP contribution >= 0.6 is 0 Å². The minimum Gasteiger partial charge on any atom is -0.494 e. The molecule has 2 aliphatic rings. The van der Waals surface area contributed by atoms with E-state index in [9.17, 15) is 23.5 Å². The Hall–Kier alpha value is -3.69. The SMILES string of the molecule is COC(=O)N1c2ccc3c(nc(Cc4ccc(OC)c(F)c4F)n3C3CCC(C(=O)O)CC3)c2CC[C@@H]1C. The summed E-state index contributed by atoms with van der Waals surface area (Å²) < 4.78 is 41.5. The molecule has 0 spiro atoms. The van der Waals surface area contributed by atoms with Gasteiger partial charge in [0, 0.05) is 24.1 Å². The number of hydrogen-bond acceptors (Lipinski definition) is 5. The van der Waals surface area contributed by atoms with Crippen molar-refractivity contribution in [2.75, 3.05) is 19.1 Å². The van der Waals surface area contributed by atoms with Crippen molar-refractivity contribution < 1.29 is 33.0 Å². The molecule has 38 heavy (non-hydrogen) atoms. The van der Waals surface area contributed by atoms with Gasteiger partial charge in [-0.05, 0) is 69.2 Å². The van der Waals surface area contributed by atoms with Gasteiger partial charge in [0.1, 0.15) is 5.82 Å². The zero-order chi connectivity index (χ0) is 27.1. The van der Waals surface area contributed by atoms with E-state index in [1.807, 2.05) is 19.1 Å². The first-order chi connectivity index (χ1) is 18.2. The number of hydrogen-bond donors (Lipinski definition) is 1. The highest BCUT2D eigenvalue weighted by Gasteiger charge is 2.34. The number of anilines is 1. The lowest BCUT2D eigenvalue weighted by Crippen LogP contribution is -2.42. The number of carboxylic acids is 1. The van der Waals surface area contributed by atoms with Crippen molar-refractivity contribution >= 4 is 28.8 Å². The first-order valence-electron chi connectivity index (χ1n) is 12.9. The summed E-state index contributed by atoms with van der Waals surface area (Å²) in [7, 11) is 2.64. The highest BCUT2D eigenvalue weighted by Crippen LogP contribution is 2.41. The van der Waals surface area contributed by atoms with Gasteiger partial charge in [-0.15, -0.1) is 0 Å². The van der Waals surface area contributed by atoms with Gasteiger partial charge in [0.25, 0.3) is 0 Å². The summed E-state index contributed by atoms with van der Waals surface area (Å²) in [5, 5.41) is 9.47. The molecule has 1 amide bonds. The second-order valence-electron chi connectivity index (χ2n) is 10.1. The topological polar surface area (TPSA) is 93.9 Å². The number of rotatable bonds is 5. The van der Waals surface area contributed by atoms with E-state index in [2.05, 4.69) is 4.57 Å². The molecule has 10 heteroatoms. The Balaban J connectivity index is 1.63. The number of halogens is 2. The van der Waals surface area contributed by atoms with Gasteiger partial charge < -0.3 is 19.1 Å². The molecule has 1 saturated carbocycles. The van der Waals surface area contributed by atoms with Crippen LogP contribution in [0.1, 0.15) is 62.0 Å². The maximum atomic E-state index is 15.0. The van der Waals surface area contributed by atoms with Crippen LogP contribution < -0.4 is 9.64 Å². The van der Waals surface area contributed by atoms with Crippen LogP contribution in [0.2, 0.25) is 0 Å². The van der Waals surface area contributed by atoms with Crippen molar-refractivity contribution in [1.29, 1.82) is 0 Å². The van der Waals surface area contributed by atoms with Crippen LogP contribution in [0, 0.1) is 17.6 Å². The first kappa shape index (κ1) is 25.9. The maximum Gasteiger partial charge on any atom is 0.414 e. The number of carboxylic acid groups (broad SMARTS) is 1. The van der Waals surface area contributed by atoms with E-state index in [1.54, 1.807) is 4.90 Å². The van der Waals surface area contributed by atoms with E-state index < -0.39 is 23.7 Å². The van der Waals surface area contributed by atoms with Crippen molar-refractivity contribution in [2.24, 2.45) is 5.92 Å². The fourth-order valence-electron chi connectivity index (χ4n) is 5.97. The number of carbonyl (C=O) groups excluding carboxylic acids is 1. The standard InChI is InChI=1S/C28H31F2N3O5/c1-15-4-10-19-20(32(15)28(36)38-3)11-12-21-26(19)31-23(14-17-7-13-22(37-2)25(30)24(17)29)33(21)18-8-5-16(6-9-18)27(34)35/h7,11-13,15-16,18H,4-6,8-10,14H2,1-3H3,(H,34,35)/t15-,16?,18?/m0/s1. The fraction of sp³-hybridized carbons (Fsp3) is 0.464. The number of ether oxygens (including phenoxy) is 2. The van der Waals surface area contributed by atoms with Gasteiger partial charge in [-0.3, -0.25) is 9.69 Å². The van der Waals surface area contributed by atoms with Crippen LogP contribution in [0.15, 0.2) is 24.3 Å². The van der Waals surface area contributed by atoms with Gasteiger partial charge in [-0.25, -0.2) is 14.2 Å². The molecule has 8 nitrogen and oxygen atoms in total. The van der Waals surface area contributed by atoms with Crippen molar-refractivity contribution in [2.45, 2.75) is 64.0 Å². The van der Waals surface area contributed by atoms with Gasteiger partial charge in [0.15, 0.2) is 11.6 Å². The average molecular weight is 528 g/mol. The molecule has 3 aromatic rings. The second kappa shape index (κ2) is 10.2. The lowest BCUT2D eigenvalue weighted by atomic mass is 9.85. The predicted molar refractivity (Wildman–Crippen MR) is 137 cm³/mol. The number of nitrogens with zero attached hydrogens (tertiary/aromatic N) is 3. The van der Waals surface area contributed by atoms with Gasteiger partial charge in [-0.2, -0.15) is 4.39 Å². The van der Waals surface area contributed by atoms with Crippen LogP contribution in [0.5, 0.6) is 5.75 Å². The number of aryl methyl sites for hydroxylation is 1. The number of benzene rings is 2. The number of amides is 1. The summed E-state index contributed by atoms with van der Waals surface area (Å²) in [6.45, 7) is 1.97. The van der Waals surface area contributed by atoms with Gasteiger partial charge in [0.05, 0.1) is 36.9 Å². The molecule has 1 aliphatic carbocycles. The second-order valence-corrected chi connectivity index (χ2v) is 10.1. The third kappa shape index (κ3) is 4.35. The van der Waals surface area contributed by atoms with E-state index in [0.717, 1.165) is 23.2 Å². The number of aliphatic carboxylic acids is 1. The van der Waals surface area contributed by atoms with Crippen LogP contribution in [0.3, 0.4) is 0 Å². The normalized spacial score (nSPS) is 21.3. The Bertz CT molecular complexity index is 1400. The molecule has 1 fully saturated rings. The summed E-state index contributed by atoms with van der Waals surface area (Å²) in [6, 6.07) is 6.62. The number of aromatic nitrogens is 2. The van der Waals surface area contributed by atoms with E-state index in [0.29, 0.717) is 43.4 Å². The highest BCUT2D eigenvalue weighted by molar-refractivity contribution is 5.95. The molecule has 202 valence electrons. The molecule has 0 unspecified atom stereocenters. The monoisotopic (exact) mass is 527 g/mol. The first-order valence-corrected chi connectivity index (χ1v) is 12.9. The zero-order valence-corrected chi connectivity index (χ0v) is 21.7. The van der Waals surface area contributed by atoms with Crippen LogP contribution in [-0.2, 0) is 22.4 Å². The third-order valence-electron chi connectivity index (χ3n) is 8.01. The summed E-state index contributed by atoms with van der Waals surface area (Å²) in [5.74, 6) is -2.81. The minimum atomic E-state index is -1.05. The fourth-order valence-corrected chi connectivity index (χ4v) is 5.97. The van der Waals surface area contributed by atoms with E-state index >= 15 is 0 Å². The number of imidazole rings is 1. The smallest absolute Gasteiger partial charge is 0.414 e. The molecule has 2 heterocycles. The Morgan fingerprint density at radius 1 is 1.05 bits per heavy atom. The third-order valence-corrected chi connectivity index (χ3v) is 8.01. The molecule has 0 saturated heterocycles. The largest absolute Gasteiger partial charge is 0.494 e. The minimum absolute atomic E-state index is 0.0333. The lowest BCUT2D eigenvalue weighted by molar-refractivity contribution is -0.143. The summed E-state index contributed by atoms with van der Waals surface area (Å²) >= 11 is 0. The van der Waals surface area contributed by atoms with Gasteiger partial charge in [0.2, 0.25) is 5.82 Å². The summed E-state index contributed by atoms with van der Waals surface area (Å²) in [4.78, 5) is 30.7. The van der Waals surface area contributed by atoms with Gasteiger partial charge in [-0.1, -0.05) is 6.07 Å². The lowest BCUT2D eigenvalue weighted by Gasteiger charge is -2.34. The quantitative estimate of drug-likeness (QED) is 0.462. The highest BCUT2D eigenvalue weighted by atomic mass is 19.2. The molecule has 2 aromatic carbocycles. The number of fused-ring (bicyclic) bond motifs is 3. The summed E-state index contributed by atoms with van der Waals surface area (Å²) in [5.41, 5.74) is 3.35. The van der Waals surface area contributed by atoms with Crippen molar-refractivity contribution in [1.82, 2.24) is 9.55 Å². The van der Waals surface area contributed by atoms with Crippen molar-refractivity contribution in [3.05, 3.63) is 52.9 Å². The van der Waals surface area contributed by atoms with Crippen molar-refractivity contribution in [3.8, 4) is 5.75 Å². The number of methoxy groups -OCH3 is 2. The Morgan fingerprint density at radius 2 is 1.79 bits per heavy atom. The van der Waals surface area contributed by atoms with Crippen LogP contribution in [0.25, 0.3) is 11.0 Å². The molecule has 0 bridgehead atoms. The Kier molecular flexibility index (Phi) is 6.98. The molecular weight excluding hydrogens is 496 g/mol. The molecule has 1 aliphatic heterocycles. The van der Waals surface area contributed by atoms with Crippen LogP contribution in [-0.4, -0.2) is 47.0 Å². The summed E-state index contributed by atoms with van der Waals surface area (Å²) in [6.07, 6.45) is 3.37. The van der Waals surface area contributed by atoms with E-state index in [4.69, 9.17) is 14.5 Å². The predicted octanol–water partition coefficient (Wildman–Crippen LogP) is 5.64. The Labute approximate surface area is 219 Å². The van der Waals surface area contributed by atoms with E-state index in [1.165, 1.54) is 26.4 Å². The molecule has 1 N–H and O–H groups in total.